The molecule has 0 aliphatic rings. The van der Waals surface area contributed by atoms with E-state index in [9.17, 15) is 13.2 Å². The van der Waals surface area contributed by atoms with Crippen LogP contribution < -0.4 is 5.73 Å². The molecular weight excluding hydrogens is 328 g/mol. The van der Waals surface area contributed by atoms with Gasteiger partial charge in [0, 0.05) is 6.04 Å². The summed E-state index contributed by atoms with van der Waals surface area (Å²) in [6, 6.07) is 13.2. The maximum Gasteiger partial charge on any atom is 0.307 e. The Hall–Kier alpha value is -2.69. The van der Waals surface area contributed by atoms with Crippen molar-refractivity contribution in [3.8, 4) is 6.07 Å². The molecule has 0 amide bonds. The van der Waals surface area contributed by atoms with Crippen molar-refractivity contribution in [2.45, 2.75) is 22.3 Å². The number of sulfone groups is 1. The first kappa shape index (κ1) is 17.7. The van der Waals surface area contributed by atoms with Gasteiger partial charge in [0.05, 0.1) is 28.9 Å². The second kappa shape index (κ2) is 7.25. The fourth-order valence-electron chi connectivity index (χ4n) is 2.21. The van der Waals surface area contributed by atoms with Crippen LogP contribution in [-0.2, 0) is 19.4 Å². The monoisotopic (exact) mass is 344 g/mol. The van der Waals surface area contributed by atoms with Crippen molar-refractivity contribution in [1.29, 1.82) is 5.26 Å². The Balaban J connectivity index is 2.44. The molecule has 0 spiro atoms. The molecule has 24 heavy (non-hydrogen) atoms. The number of carbonyl (C=O) groups excluding carboxylic acids is 1. The highest BCUT2D eigenvalue weighted by molar-refractivity contribution is 7.91. The van der Waals surface area contributed by atoms with Crippen molar-refractivity contribution in [3.63, 3.8) is 0 Å². The van der Waals surface area contributed by atoms with Gasteiger partial charge in [0.2, 0.25) is 9.84 Å². The molecule has 0 saturated carbocycles. The summed E-state index contributed by atoms with van der Waals surface area (Å²) < 4.78 is 30.1. The van der Waals surface area contributed by atoms with Crippen molar-refractivity contribution in [2.24, 2.45) is 5.73 Å². The van der Waals surface area contributed by atoms with Crippen LogP contribution >= 0.6 is 0 Å². The Bertz CT molecular complexity index is 901. The van der Waals surface area contributed by atoms with E-state index in [-0.39, 0.29) is 21.8 Å². The summed E-state index contributed by atoms with van der Waals surface area (Å²) in [5.41, 5.74) is 6.50. The lowest BCUT2D eigenvalue weighted by Gasteiger charge is -2.13. The Morgan fingerprint density at radius 1 is 1.25 bits per heavy atom. The first-order valence-electron chi connectivity index (χ1n) is 7.06. The highest BCUT2D eigenvalue weighted by atomic mass is 32.2. The van der Waals surface area contributed by atoms with Crippen LogP contribution in [0.2, 0.25) is 0 Å². The SMILES string of the molecule is COC(=O)C[C@H](N)c1cccc(S(=O)(=O)c2ccccc2C#N)c1. The van der Waals surface area contributed by atoms with Gasteiger partial charge in [0.15, 0.2) is 0 Å². The Kier molecular flexibility index (Phi) is 5.34. The van der Waals surface area contributed by atoms with Gasteiger partial charge in [0.1, 0.15) is 6.07 Å². The smallest absolute Gasteiger partial charge is 0.307 e. The number of carbonyl (C=O) groups is 1. The van der Waals surface area contributed by atoms with Crippen molar-refractivity contribution in [2.75, 3.05) is 7.11 Å². The van der Waals surface area contributed by atoms with Crippen LogP contribution in [0.1, 0.15) is 23.6 Å². The average Bonchev–Trinajstić information content (AvgIpc) is 2.61. The van der Waals surface area contributed by atoms with Crippen molar-refractivity contribution < 1.29 is 17.9 Å². The van der Waals surface area contributed by atoms with Gasteiger partial charge in [-0.15, -0.1) is 0 Å². The van der Waals surface area contributed by atoms with Crippen LogP contribution in [0, 0.1) is 11.3 Å². The number of nitriles is 1. The lowest BCUT2D eigenvalue weighted by atomic mass is 10.1. The Labute approximate surface area is 140 Å². The number of nitrogens with zero attached hydrogens (tertiary/aromatic N) is 1. The minimum Gasteiger partial charge on any atom is -0.469 e. The third-order valence-corrected chi connectivity index (χ3v) is 5.32. The highest BCUT2D eigenvalue weighted by Gasteiger charge is 2.22. The van der Waals surface area contributed by atoms with Gasteiger partial charge >= 0.3 is 5.97 Å². The minimum absolute atomic E-state index is 0.0167. The summed E-state index contributed by atoms with van der Waals surface area (Å²) in [5, 5.41) is 9.11. The average molecular weight is 344 g/mol. The molecule has 6 nitrogen and oxygen atoms in total. The number of esters is 1. The molecule has 1 atom stereocenters. The van der Waals surface area contributed by atoms with E-state index >= 15 is 0 Å². The van der Waals surface area contributed by atoms with Gasteiger partial charge in [-0.25, -0.2) is 8.42 Å². The number of methoxy groups -OCH3 is 1. The summed E-state index contributed by atoms with van der Waals surface area (Å²) in [6.45, 7) is 0. The molecule has 0 unspecified atom stereocenters. The zero-order valence-electron chi connectivity index (χ0n) is 13.0. The molecule has 0 heterocycles. The molecule has 0 saturated heterocycles. The summed E-state index contributed by atoms with van der Waals surface area (Å²) >= 11 is 0. The normalized spacial score (nSPS) is 12.2. The predicted octanol–water partition coefficient (Wildman–Crippen LogP) is 1.95. The molecule has 2 aromatic rings. The standard InChI is InChI=1S/C17H16N2O4S/c1-23-17(20)10-15(19)12-6-4-7-14(9-12)24(21,22)16-8-3-2-5-13(16)11-18/h2-9,15H,10,19H2,1H3/t15-/m0/s1. The zero-order chi connectivity index (χ0) is 17.7. The van der Waals surface area contributed by atoms with Gasteiger partial charge in [-0.1, -0.05) is 24.3 Å². The van der Waals surface area contributed by atoms with E-state index in [1.807, 2.05) is 6.07 Å². The largest absolute Gasteiger partial charge is 0.469 e. The first-order valence-corrected chi connectivity index (χ1v) is 8.55. The number of benzene rings is 2. The summed E-state index contributed by atoms with van der Waals surface area (Å²) in [4.78, 5) is 11.3. The van der Waals surface area contributed by atoms with Gasteiger partial charge in [0.25, 0.3) is 0 Å². The second-order valence-corrected chi connectivity index (χ2v) is 6.99. The van der Waals surface area contributed by atoms with Crippen LogP contribution in [0.3, 0.4) is 0 Å². The molecule has 2 N–H and O–H groups in total. The van der Waals surface area contributed by atoms with E-state index in [0.717, 1.165) is 0 Å². The number of hydrogen-bond donors (Lipinski definition) is 1. The molecule has 124 valence electrons. The molecule has 0 aliphatic carbocycles. The van der Waals surface area contributed by atoms with E-state index in [1.54, 1.807) is 24.3 Å². The number of hydrogen-bond acceptors (Lipinski definition) is 6. The van der Waals surface area contributed by atoms with Crippen LogP contribution in [0.25, 0.3) is 0 Å². The summed E-state index contributed by atoms with van der Waals surface area (Å²) in [6.07, 6.45) is -0.0607. The first-order chi connectivity index (χ1) is 11.4. The van der Waals surface area contributed by atoms with E-state index in [4.69, 9.17) is 11.0 Å². The van der Waals surface area contributed by atoms with Crippen molar-refractivity contribution in [1.82, 2.24) is 0 Å². The topological polar surface area (TPSA) is 110 Å². The summed E-state index contributed by atoms with van der Waals surface area (Å²) in [5.74, 6) is -0.481. The minimum atomic E-state index is -3.87. The molecule has 7 heteroatoms. The Morgan fingerprint density at radius 2 is 1.96 bits per heavy atom. The van der Waals surface area contributed by atoms with E-state index in [2.05, 4.69) is 4.74 Å². The summed E-state index contributed by atoms with van der Waals surface area (Å²) in [7, 11) is -2.61. The van der Waals surface area contributed by atoms with Crippen LogP contribution in [-0.4, -0.2) is 21.5 Å². The number of rotatable bonds is 5. The van der Waals surface area contributed by atoms with Crippen LogP contribution in [0.4, 0.5) is 0 Å². The lowest BCUT2D eigenvalue weighted by molar-refractivity contribution is -0.141. The molecular formula is C17H16N2O4S. The molecule has 2 rings (SSSR count). The molecule has 0 radical (unpaired) electrons. The fraction of sp³-hybridized carbons (Fsp3) is 0.176. The molecule has 0 aromatic heterocycles. The highest BCUT2D eigenvalue weighted by Crippen LogP contribution is 2.26. The maximum atomic E-state index is 12.8. The predicted molar refractivity (Wildman–Crippen MR) is 86.6 cm³/mol. The molecule has 0 bridgehead atoms. The zero-order valence-corrected chi connectivity index (χ0v) is 13.8. The second-order valence-electron chi connectivity index (χ2n) is 5.07. The van der Waals surface area contributed by atoms with Crippen molar-refractivity contribution in [3.05, 3.63) is 59.7 Å². The van der Waals surface area contributed by atoms with Crippen molar-refractivity contribution >= 4 is 15.8 Å². The Morgan fingerprint density at radius 3 is 2.62 bits per heavy atom. The van der Waals surface area contributed by atoms with Gasteiger partial charge in [-0.3, -0.25) is 4.79 Å². The maximum absolute atomic E-state index is 12.8. The van der Waals surface area contributed by atoms with Gasteiger partial charge in [-0.05, 0) is 29.8 Å². The van der Waals surface area contributed by atoms with E-state index in [1.165, 1.54) is 31.4 Å². The van der Waals surface area contributed by atoms with E-state index < -0.39 is 21.8 Å². The lowest BCUT2D eigenvalue weighted by Crippen LogP contribution is -2.16. The third kappa shape index (κ3) is 3.62. The van der Waals surface area contributed by atoms with Crippen LogP contribution in [0.15, 0.2) is 58.3 Å². The van der Waals surface area contributed by atoms with Gasteiger partial charge in [-0.2, -0.15) is 5.26 Å². The molecule has 0 fully saturated rings. The molecule has 0 aliphatic heterocycles. The number of ether oxygens (including phenoxy) is 1. The fourth-order valence-corrected chi connectivity index (χ4v) is 3.68. The quantitative estimate of drug-likeness (QED) is 0.830. The van der Waals surface area contributed by atoms with E-state index in [0.29, 0.717) is 5.56 Å². The van der Waals surface area contributed by atoms with Crippen LogP contribution in [0.5, 0.6) is 0 Å². The number of nitrogens with two attached hydrogens (primary N) is 1. The molecule has 2 aromatic carbocycles. The third-order valence-electron chi connectivity index (χ3n) is 3.51. The van der Waals surface area contributed by atoms with Gasteiger partial charge < -0.3 is 10.5 Å².